The number of benzene rings is 6. The maximum Gasteiger partial charge on any atom is 0.445 e. The SMILES string of the molecule is CCCc1ccc(-c2ccc(Cc3cc(CCOC(F)C(F)(F)F)ccc3Oc3ccc(CCOC(F)C(F)(F)F)cc3Cc3ccc(-c4ccc(CCC)cc4F)cc3)cc2)c(F)c1. The molecule has 0 radical (unpaired) electrons. The summed E-state index contributed by atoms with van der Waals surface area (Å²) in [5.74, 6) is 0.0178. The molecule has 0 aliphatic rings. The van der Waals surface area contributed by atoms with Crippen molar-refractivity contribution in [2.75, 3.05) is 13.2 Å². The van der Waals surface area contributed by atoms with Crippen molar-refractivity contribution in [3.63, 3.8) is 0 Å². The van der Waals surface area contributed by atoms with Crippen LogP contribution in [0.3, 0.4) is 0 Å². The van der Waals surface area contributed by atoms with Crippen LogP contribution >= 0.6 is 0 Å². The van der Waals surface area contributed by atoms with Gasteiger partial charge in [0.1, 0.15) is 23.1 Å². The molecule has 0 saturated heterocycles. The van der Waals surface area contributed by atoms with E-state index in [1.54, 1.807) is 72.8 Å². The van der Waals surface area contributed by atoms with Crippen LogP contribution in [0, 0.1) is 11.6 Å². The fourth-order valence-electron chi connectivity index (χ4n) is 7.44. The van der Waals surface area contributed by atoms with E-state index in [-0.39, 0.29) is 37.3 Å². The lowest BCUT2D eigenvalue weighted by Crippen LogP contribution is -2.27. The van der Waals surface area contributed by atoms with Gasteiger partial charge in [0.25, 0.3) is 12.7 Å². The Balaban J connectivity index is 1.30. The zero-order valence-electron chi connectivity index (χ0n) is 35.8. The highest BCUT2D eigenvalue weighted by Crippen LogP contribution is 2.35. The zero-order valence-corrected chi connectivity index (χ0v) is 35.8. The lowest BCUT2D eigenvalue weighted by molar-refractivity contribution is -0.264. The van der Waals surface area contributed by atoms with Crippen LogP contribution in [0.2, 0.25) is 0 Å². The van der Waals surface area contributed by atoms with E-state index in [2.05, 4.69) is 9.47 Å². The minimum Gasteiger partial charge on any atom is -0.457 e. The van der Waals surface area contributed by atoms with E-state index < -0.39 is 38.3 Å². The standard InChI is InChI=1S/C52H48F10O3/c1-3-5-33-11-19-43(45(53)31-33)39-15-7-35(8-16-39)27-41-29-37(23-25-63-49(55)51(57,58)59)13-21-47(41)65-48-22-14-38(24-26-64-50(56)52(60,61)62)30-42(48)28-36-9-17-40(18-10-36)44-20-12-34(6-4-2)32-46(44)54/h7-22,29-32,49-50H,3-6,23-28H2,1-2H3. The zero-order chi connectivity index (χ0) is 46.7. The van der Waals surface area contributed by atoms with Gasteiger partial charge < -0.3 is 14.2 Å². The number of alkyl halides is 8. The molecule has 0 amide bonds. The third kappa shape index (κ3) is 13.7. The van der Waals surface area contributed by atoms with Crippen LogP contribution in [0.25, 0.3) is 22.3 Å². The molecule has 0 aliphatic carbocycles. The number of hydrogen-bond donors (Lipinski definition) is 0. The fourth-order valence-corrected chi connectivity index (χ4v) is 7.44. The molecule has 2 unspecified atom stereocenters. The summed E-state index contributed by atoms with van der Waals surface area (Å²) in [6.07, 6.45) is -13.6. The first kappa shape index (κ1) is 48.8. The topological polar surface area (TPSA) is 27.7 Å². The molecular formula is C52H48F10O3. The van der Waals surface area contributed by atoms with Crippen molar-refractivity contribution in [3.05, 3.63) is 177 Å². The predicted octanol–water partition coefficient (Wildman–Crippen LogP) is 15.0. The molecule has 3 nitrogen and oxygen atoms in total. The molecule has 0 spiro atoms. The Morgan fingerprint density at radius 1 is 0.431 bits per heavy atom. The molecule has 0 bridgehead atoms. The predicted molar refractivity (Wildman–Crippen MR) is 231 cm³/mol. The molecule has 13 heteroatoms. The minimum absolute atomic E-state index is 0.0606. The highest BCUT2D eigenvalue weighted by Gasteiger charge is 2.42. The van der Waals surface area contributed by atoms with Crippen molar-refractivity contribution in [1.82, 2.24) is 0 Å². The monoisotopic (exact) mass is 910 g/mol. The van der Waals surface area contributed by atoms with Gasteiger partial charge in [-0.05, 0) is 106 Å². The number of rotatable bonds is 20. The van der Waals surface area contributed by atoms with E-state index in [4.69, 9.17) is 4.74 Å². The summed E-state index contributed by atoms with van der Waals surface area (Å²) in [6.45, 7) is 2.91. The molecular weight excluding hydrogens is 863 g/mol. The lowest BCUT2D eigenvalue weighted by Gasteiger charge is -2.18. The lowest BCUT2D eigenvalue weighted by atomic mass is 9.96. The summed E-state index contributed by atoms with van der Waals surface area (Å²) >= 11 is 0. The molecule has 6 aromatic carbocycles. The van der Waals surface area contributed by atoms with Crippen molar-refractivity contribution < 1.29 is 58.1 Å². The molecule has 344 valence electrons. The van der Waals surface area contributed by atoms with E-state index in [0.717, 1.165) is 47.9 Å². The Hall–Kier alpha value is -5.66. The van der Waals surface area contributed by atoms with Crippen LogP contribution in [0.4, 0.5) is 43.9 Å². The first-order valence-corrected chi connectivity index (χ1v) is 21.3. The largest absolute Gasteiger partial charge is 0.457 e. The first-order valence-electron chi connectivity index (χ1n) is 21.3. The van der Waals surface area contributed by atoms with Gasteiger partial charge in [-0.1, -0.05) is 124 Å². The van der Waals surface area contributed by atoms with E-state index in [1.165, 1.54) is 12.1 Å². The van der Waals surface area contributed by atoms with Gasteiger partial charge >= 0.3 is 12.4 Å². The highest BCUT2D eigenvalue weighted by molar-refractivity contribution is 5.66. The maximum absolute atomic E-state index is 15.1. The normalized spacial score (nSPS) is 12.9. The van der Waals surface area contributed by atoms with Crippen LogP contribution in [-0.2, 0) is 48.0 Å². The average Bonchev–Trinajstić information content (AvgIpc) is 3.25. The van der Waals surface area contributed by atoms with Crippen LogP contribution < -0.4 is 4.74 Å². The molecule has 2 atom stereocenters. The third-order valence-electron chi connectivity index (χ3n) is 10.8. The summed E-state index contributed by atoms with van der Waals surface area (Å²) in [6, 6.07) is 34.6. The van der Waals surface area contributed by atoms with Crippen molar-refractivity contribution in [3.8, 4) is 33.8 Å². The Kier molecular flexibility index (Phi) is 16.5. The van der Waals surface area contributed by atoms with Gasteiger partial charge in [0, 0.05) is 24.0 Å². The van der Waals surface area contributed by atoms with E-state index in [0.29, 0.717) is 56.0 Å². The molecule has 0 aromatic heterocycles. The number of hydrogen-bond acceptors (Lipinski definition) is 3. The quantitative estimate of drug-likeness (QED) is 0.0714. The van der Waals surface area contributed by atoms with Crippen molar-refractivity contribution in [2.45, 2.75) is 90.3 Å². The summed E-state index contributed by atoms with van der Waals surface area (Å²) < 4.78 is 150. The summed E-state index contributed by atoms with van der Waals surface area (Å²) in [5, 5.41) is 0. The summed E-state index contributed by atoms with van der Waals surface area (Å²) in [7, 11) is 0. The van der Waals surface area contributed by atoms with Gasteiger partial charge in [0.2, 0.25) is 0 Å². The Bertz CT molecular complexity index is 2310. The number of ether oxygens (including phenoxy) is 3. The first-order chi connectivity index (χ1) is 31.0. The van der Waals surface area contributed by atoms with Gasteiger partial charge in [0.05, 0.1) is 13.2 Å². The summed E-state index contributed by atoms with van der Waals surface area (Å²) in [5.41, 5.74) is 7.79. The van der Waals surface area contributed by atoms with Crippen LogP contribution in [0.1, 0.15) is 71.2 Å². The van der Waals surface area contributed by atoms with E-state index >= 15 is 8.78 Å². The molecule has 0 aliphatic heterocycles. The van der Waals surface area contributed by atoms with Gasteiger partial charge in [-0.25, -0.2) is 17.6 Å². The molecule has 0 fully saturated rings. The molecule has 65 heavy (non-hydrogen) atoms. The van der Waals surface area contributed by atoms with Crippen molar-refractivity contribution in [2.24, 2.45) is 0 Å². The second kappa shape index (κ2) is 22.0. The maximum atomic E-state index is 15.1. The Labute approximate surface area is 372 Å². The van der Waals surface area contributed by atoms with Gasteiger partial charge in [-0.3, -0.25) is 0 Å². The van der Waals surface area contributed by atoms with Crippen LogP contribution in [-0.4, -0.2) is 38.3 Å². The van der Waals surface area contributed by atoms with Crippen LogP contribution in [0.15, 0.2) is 121 Å². The minimum atomic E-state index is -5.17. The fraction of sp³-hybridized carbons (Fsp3) is 0.308. The number of halogens is 10. The van der Waals surface area contributed by atoms with Gasteiger partial charge in [-0.2, -0.15) is 26.3 Å². The van der Waals surface area contributed by atoms with Crippen molar-refractivity contribution >= 4 is 0 Å². The van der Waals surface area contributed by atoms with Crippen molar-refractivity contribution in [1.29, 1.82) is 0 Å². The molecule has 0 heterocycles. The Morgan fingerprint density at radius 3 is 1.11 bits per heavy atom. The number of aryl methyl sites for hydroxylation is 2. The smallest absolute Gasteiger partial charge is 0.445 e. The highest BCUT2D eigenvalue weighted by atomic mass is 19.4. The second-order valence-corrected chi connectivity index (χ2v) is 15.8. The third-order valence-corrected chi connectivity index (χ3v) is 10.8. The second-order valence-electron chi connectivity index (χ2n) is 15.8. The molecule has 6 aromatic rings. The molecule has 6 rings (SSSR count). The van der Waals surface area contributed by atoms with Gasteiger partial charge in [0.15, 0.2) is 0 Å². The van der Waals surface area contributed by atoms with Crippen LogP contribution in [0.5, 0.6) is 11.5 Å². The van der Waals surface area contributed by atoms with E-state index in [9.17, 15) is 35.1 Å². The Morgan fingerprint density at radius 2 is 0.769 bits per heavy atom. The molecule has 0 N–H and O–H groups in total. The van der Waals surface area contributed by atoms with Gasteiger partial charge in [-0.15, -0.1) is 0 Å². The van der Waals surface area contributed by atoms with E-state index in [1.807, 2.05) is 50.2 Å². The average molecular weight is 911 g/mol. The molecule has 0 saturated carbocycles. The summed E-state index contributed by atoms with van der Waals surface area (Å²) in [4.78, 5) is 0.